The van der Waals surface area contributed by atoms with Gasteiger partial charge in [-0.1, -0.05) is 12.1 Å². The van der Waals surface area contributed by atoms with Gasteiger partial charge < -0.3 is 19.6 Å². The van der Waals surface area contributed by atoms with Gasteiger partial charge in [0, 0.05) is 5.39 Å². The van der Waals surface area contributed by atoms with Crippen molar-refractivity contribution in [3.05, 3.63) is 64.9 Å². The van der Waals surface area contributed by atoms with Crippen LogP contribution in [0.4, 0.5) is 0 Å². The second kappa shape index (κ2) is 7.07. The SMILES string of the molecule is COc1cccc(C(CO)NCc2cc3cc(C)c(C)cc3o2)c1. The number of furan rings is 1. The largest absolute Gasteiger partial charge is 0.497 e. The molecule has 4 heteroatoms. The van der Waals surface area contributed by atoms with E-state index in [0.717, 1.165) is 28.0 Å². The molecule has 4 nitrogen and oxygen atoms in total. The molecule has 0 fully saturated rings. The minimum absolute atomic E-state index is 0.00557. The van der Waals surface area contributed by atoms with Crippen molar-refractivity contribution in [2.45, 2.75) is 26.4 Å². The Labute approximate surface area is 142 Å². The number of aryl methyl sites for hydroxylation is 2. The van der Waals surface area contributed by atoms with Crippen molar-refractivity contribution in [1.29, 1.82) is 0 Å². The van der Waals surface area contributed by atoms with Gasteiger partial charge in [-0.3, -0.25) is 0 Å². The average Bonchev–Trinajstić information content (AvgIpc) is 2.97. The van der Waals surface area contributed by atoms with Crippen molar-refractivity contribution in [2.24, 2.45) is 0 Å². The summed E-state index contributed by atoms with van der Waals surface area (Å²) in [6.45, 7) is 4.74. The fourth-order valence-electron chi connectivity index (χ4n) is 2.81. The van der Waals surface area contributed by atoms with E-state index in [1.807, 2.05) is 24.3 Å². The Bertz CT molecular complexity index is 799. The molecular weight excluding hydrogens is 302 g/mol. The van der Waals surface area contributed by atoms with Crippen LogP contribution in [0.3, 0.4) is 0 Å². The van der Waals surface area contributed by atoms with Gasteiger partial charge in [0.05, 0.1) is 26.3 Å². The number of methoxy groups -OCH3 is 1. The van der Waals surface area contributed by atoms with Gasteiger partial charge >= 0.3 is 0 Å². The molecule has 1 heterocycles. The minimum atomic E-state index is -0.170. The predicted molar refractivity (Wildman–Crippen MR) is 95.3 cm³/mol. The Morgan fingerprint density at radius 2 is 1.92 bits per heavy atom. The molecule has 24 heavy (non-hydrogen) atoms. The van der Waals surface area contributed by atoms with E-state index in [4.69, 9.17) is 9.15 Å². The van der Waals surface area contributed by atoms with Crippen LogP contribution in [0.2, 0.25) is 0 Å². The molecule has 1 aromatic heterocycles. The summed E-state index contributed by atoms with van der Waals surface area (Å²) >= 11 is 0. The standard InChI is InChI=1S/C20H23NO3/c1-13-7-16-10-18(24-20(16)8-14(13)2)11-21-19(12-22)15-5-4-6-17(9-15)23-3/h4-10,19,21-22H,11-12H2,1-3H3. The zero-order valence-electron chi connectivity index (χ0n) is 14.3. The number of hydrogen-bond acceptors (Lipinski definition) is 4. The molecule has 0 aliphatic heterocycles. The lowest BCUT2D eigenvalue weighted by molar-refractivity contribution is 0.241. The zero-order valence-corrected chi connectivity index (χ0v) is 14.3. The number of nitrogens with one attached hydrogen (secondary N) is 1. The fraction of sp³-hybridized carbons (Fsp3) is 0.300. The molecule has 0 saturated heterocycles. The molecule has 0 aliphatic carbocycles. The van der Waals surface area contributed by atoms with Gasteiger partial charge in [0.15, 0.2) is 0 Å². The number of aliphatic hydroxyl groups excluding tert-OH is 1. The normalized spacial score (nSPS) is 12.5. The summed E-state index contributed by atoms with van der Waals surface area (Å²) in [5.41, 5.74) is 4.37. The molecule has 0 aliphatic rings. The molecule has 126 valence electrons. The summed E-state index contributed by atoms with van der Waals surface area (Å²) in [6.07, 6.45) is 0. The molecule has 0 bridgehead atoms. The monoisotopic (exact) mass is 325 g/mol. The van der Waals surface area contributed by atoms with E-state index in [1.165, 1.54) is 11.1 Å². The van der Waals surface area contributed by atoms with Crippen LogP contribution in [-0.4, -0.2) is 18.8 Å². The summed E-state index contributed by atoms with van der Waals surface area (Å²) in [5.74, 6) is 1.64. The summed E-state index contributed by atoms with van der Waals surface area (Å²) < 4.78 is 11.2. The second-order valence-corrected chi connectivity index (χ2v) is 6.08. The van der Waals surface area contributed by atoms with E-state index < -0.39 is 0 Å². The average molecular weight is 325 g/mol. The second-order valence-electron chi connectivity index (χ2n) is 6.08. The first-order valence-corrected chi connectivity index (χ1v) is 8.08. The molecule has 3 rings (SSSR count). The van der Waals surface area contributed by atoms with E-state index in [9.17, 15) is 5.11 Å². The number of aliphatic hydroxyl groups is 1. The molecular formula is C20H23NO3. The van der Waals surface area contributed by atoms with E-state index in [-0.39, 0.29) is 12.6 Å². The van der Waals surface area contributed by atoms with Crippen LogP contribution in [0, 0.1) is 13.8 Å². The predicted octanol–water partition coefficient (Wildman–Crippen LogP) is 3.88. The van der Waals surface area contributed by atoms with Crippen LogP contribution in [0.25, 0.3) is 11.0 Å². The minimum Gasteiger partial charge on any atom is -0.497 e. The van der Waals surface area contributed by atoms with Crippen molar-refractivity contribution in [2.75, 3.05) is 13.7 Å². The number of rotatable bonds is 6. The van der Waals surface area contributed by atoms with Crippen molar-refractivity contribution >= 4 is 11.0 Å². The zero-order chi connectivity index (χ0) is 17.1. The van der Waals surface area contributed by atoms with Gasteiger partial charge in [-0.25, -0.2) is 0 Å². The van der Waals surface area contributed by atoms with E-state index in [1.54, 1.807) is 7.11 Å². The maximum Gasteiger partial charge on any atom is 0.134 e. The highest BCUT2D eigenvalue weighted by molar-refractivity contribution is 5.79. The van der Waals surface area contributed by atoms with Crippen molar-refractivity contribution < 1.29 is 14.3 Å². The number of benzene rings is 2. The first-order chi connectivity index (χ1) is 11.6. The van der Waals surface area contributed by atoms with Crippen molar-refractivity contribution in [3.8, 4) is 5.75 Å². The van der Waals surface area contributed by atoms with Crippen LogP contribution in [0.1, 0.15) is 28.5 Å². The van der Waals surface area contributed by atoms with Gasteiger partial charge in [-0.15, -0.1) is 0 Å². The third kappa shape index (κ3) is 3.45. The third-order valence-electron chi connectivity index (χ3n) is 4.39. The summed E-state index contributed by atoms with van der Waals surface area (Å²) in [4.78, 5) is 0. The van der Waals surface area contributed by atoms with Gasteiger partial charge in [0.25, 0.3) is 0 Å². The summed E-state index contributed by atoms with van der Waals surface area (Å²) in [5, 5.41) is 14.2. The van der Waals surface area contributed by atoms with Crippen LogP contribution in [-0.2, 0) is 6.54 Å². The number of fused-ring (bicyclic) bond motifs is 1. The van der Waals surface area contributed by atoms with Gasteiger partial charge in [-0.2, -0.15) is 0 Å². The molecule has 0 amide bonds. The van der Waals surface area contributed by atoms with Crippen LogP contribution < -0.4 is 10.1 Å². The molecule has 0 spiro atoms. The van der Waals surface area contributed by atoms with Crippen LogP contribution in [0.15, 0.2) is 46.9 Å². The lowest BCUT2D eigenvalue weighted by Gasteiger charge is -2.16. The molecule has 1 unspecified atom stereocenters. The Kier molecular flexibility index (Phi) is 4.88. The third-order valence-corrected chi connectivity index (χ3v) is 4.39. The van der Waals surface area contributed by atoms with Crippen LogP contribution in [0.5, 0.6) is 5.75 Å². The smallest absolute Gasteiger partial charge is 0.134 e. The Morgan fingerprint density at radius 3 is 2.67 bits per heavy atom. The number of ether oxygens (including phenoxy) is 1. The molecule has 3 aromatic rings. The Hall–Kier alpha value is -2.30. The van der Waals surface area contributed by atoms with E-state index in [2.05, 4.69) is 37.4 Å². The van der Waals surface area contributed by atoms with Crippen molar-refractivity contribution in [3.63, 3.8) is 0 Å². The maximum atomic E-state index is 9.70. The van der Waals surface area contributed by atoms with E-state index >= 15 is 0 Å². The van der Waals surface area contributed by atoms with E-state index in [0.29, 0.717) is 6.54 Å². The highest BCUT2D eigenvalue weighted by Gasteiger charge is 2.12. The topological polar surface area (TPSA) is 54.6 Å². The first-order valence-electron chi connectivity index (χ1n) is 8.08. The quantitative estimate of drug-likeness (QED) is 0.722. The molecule has 0 saturated carbocycles. The van der Waals surface area contributed by atoms with Crippen molar-refractivity contribution in [1.82, 2.24) is 5.32 Å². The maximum absolute atomic E-state index is 9.70. The molecule has 0 radical (unpaired) electrons. The summed E-state index contributed by atoms with van der Waals surface area (Å²) in [6, 6.07) is 13.8. The Balaban J connectivity index is 1.75. The van der Waals surface area contributed by atoms with Gasteiger partial charge in [0.1, 0.15) is 17.1 Å². The highest BCUT2D eigenvalue weighted by Crippen LogP contribution is 2.24. The van der Waals surface area contributed by atoms with Gasteiger partial charge in [0.2, 0.25) is 0 Å². The number of hydrogen-bond donors (Lipinski definition) is 2. The molecule has 2 aromatic carbocycles. The first kappa shape index (κ1) is 16.6. The molecule has 1 atom stereocenters. The highest BCUT2D eigenvalue weighted by atomic mass is 16.5. The van der Waals surface area contributed by atoms with Gasteiger partial charge in [-0.05, 0) is 60.9 Å². The fourth-order valence-corrected chi connectivity index (χ4v) is 2.81. The molecule has 2 N–H and O–H groups in total. The summed E-state index contributed by atoms with van der Waals surface area (Å²) in [7, 11) is 1.64. The Morgan fingerprint density at radius 1 is 1.12 bits per heavy atom. The van der Waals surface area contributed by atoms with Crippen LogP contribution >= 0.6 is 0 Å². The lowest BCUT2D eigenvalue weighted by Crippen LogP contribution is -2.23. The lowest BCUT2D eigenvalue weighted by atomic mass is 10.1.